The Morgan fingerprint density at radius 2 is 0.529 bits per heavy atom. The second-order valence-electron chi connectivity index (χ2n) is 43.2. The second kappa shape index (κ2) is 84.7. The summed E-state index contributed by atoms with van der Waals surface area (Å²) in [6, 6.07) is 0. The summed E-state index contributed by atoms with van der Waals surface area (Å²) in [4.78, 5) is 150. The predicted octanol–water partition coefficient (Wildman–Crippen LogP) is 22.5. The summed E-state index contributed by atoms with van der Waals surface area (Å²) < 4.78 is 13.7. The van der Waals surface area contributed by atoms with Gasteiger partial charge in [0.25, 0.3) is 0 Å². The van der Waals surface area contributed by atoms with Gasteiger partial charge in [-0.25, -0.2) is 0 Å². The van der Waals surface area contributed by atoms with E-state index < -0.39 is 53.5 Å². The number of esters is 6. The molecule has 6 aliphatic rings. The molecular formula is C115H208N10O15. The van der Waals surface area contributed by atoms with Crippen molar-refractivity contribution in [3.63, 3.8) is 0 Å². The fourth-order valence-corrected chi connectivity index (χ4v) is 20.0. The number of hydrogen-bond acceptors (Lipinski definition) is 22. The lowest BCUT2D eigenvalue weighted by atomic mass is 9.77. The van der Waals surface area contributed by atoms with Gasteiger partial charge >= 0.3 is 35.8 Å². The zero-order valence-electron chi connectivity index (χ0n) is 90.7. The molecule has 6 heterocycles. The van der Waals surface area contributed by atoms with Crippen LogP contribution in [0.1, 0.15) is 449 Å². The molecule has 12 unspecified atom stereocenters. The van der Waals surface area contributed by atoms with Crippen LogP contribution in [0.4, 0.5) is 0 Å². The maximum atomic E-state index is 13.6. The standard InChI is InChI=1S/C39H70N4O4.C24H44N2O2.C17H22O6.C13H20O3.2C11H26N2/c1-31(2)28-32(3)34(35-30-37(45)43(39(35)47)27-21-17-13-9-5-7-11-15-19-25-41)23-22-33-29-36(44)42(38(33)46)26-20-16-12-8-4-6-10-14-18-24-40;1-20(2)18-21(3)14-13-15-22-19-23(27)26(24(22)28)17-12-10-8-6-4-5-7-9-11-16-25;1-9(2)6-10(3)12(13-8-15(19)23-17(13)21)5-4-11-7-14(18)22-16(11)20;1-9(2)7-10(3)5-4-6-11-8-12(14)16-13(11)15;2*12-10-8-6-4-2-1-3-5-7-9-11-13/h22-23,31-35H,4-21,24-30,40-41H2,1-3H3;13-14,20-22H,4-12,15-19,25H2,1-3H3;4-5,9-13H,6-8H2,1-3H3;4-5,9-11H,6-8H2,1-3H3;2*1-13H2. The minimum absolute atomic E-state index is 0.0225. The maximum Gasteiger partial charge on any atom is 0.321 e. The number of carbonyl (C=O) groups excluding carboxylic acids is 12. The molecule has 0 aromatic carbocycles. The van der Waals surface area contributed by atoms with E-state index in [1.807, 2.05) is 25.2 Å². The number of nitrogens with zero attached hydrogens (tertiary/aromatic N) is 3. The third kappa shape index (κ3) is 63.7. The number of amides is 6. The first kappa shape index (κ1) is 132. The van der Waals surface area contributed by atoms with E-state index >= 15 is 0 Å². The van der Waals surface area contributed by atoms with E-state index in [2.05, 4.69) is 109 Å². The summed E-state index contributed by atoms with van der Waals surface area (Å²) in [5.41, 5.74) is 38.3. The number of unbranched alkanes of at least 4 members (excludes halogenated alkanes) is 40. The Hall–Kier alpha value is -6.48. The molecular weight excluding hydrogens is 1760 g/mol. The van der Waals surface area contributed by atoms with Gasteiger partial charge in [-0.3, -0.25) is 72.2 Å². The molecule has 6 aliphatic heterocycles. The van der Waals surface area contributed by atoms with Crippen molar-refractivity contribution in [2.75, 3.05) is 65.4 Å². The highest BCUT2D eigenvalue weighted by Crippen LogP contribution is 2.39. The molecule has 0 aliphatic carbocycles. The van der Waals surface area contributed by atoms with E-state index in [1.54, 1.807) is 12.2 Å². The number of ether oxygens (including phenoxy) is 3. The number of imide groups is 3. The van der Waals surface area contributed by atoms with Crippen LogP contribution in [0.2, 0.25) is 0 Å². The predicted molar refractivity (Wildman–Crippen MR) is 570 cm³/mol. The van der Waals surface area contributed by atoms with Crippen molar-refractivity contribution in [1.82, 2.24) is 14.7 Å². The zero-order valence-corrected chi connectivity index (χ0v) is 90.7. The third-order valence-electron chi connectivity index (χ3n) is 27.8. The highest BCUT2D eigenvalue weighted by Gasteiger charge is 2.46. The fraction of sp³-hybridized carbons (Fsp3) is 0.826. The lowest BCUT2D eigenvalue weighted by molar-refractivity contribution is -0.155. The molecule has 0 aromatic heterocycles. The molecule has 6 rings (SSSR count). The van der Waals surface area contributed by atoms with Crippen molar-refractivity contribution in [1.29, 1.82) is 0 Å². The molecule has 25 heteroatoms. The Morgan fingerprint density at radius 1 is 0.257 bits per heavy atom. The topological polar surface area (TPSA) is 424 Å². The van der Waals surface area contributed by atoms with Crippen LogP contribution in [0.3, 0.4) is 0 Å². The van der Waals surface area contributed by atoms with Crippen molar-refractivity contribution >= 4 is 71.3 Å². The summed E-state index contributed by atoms with van der Waals surface area (Å²) in [7, 11) is 0. The Labute approximate surface area is 851 Å². The van der Waals surface area contributed by atoms with Crippen LogP contribution in [0.5, 0.6) is 0 Å². The van der Waals surface area contributed by atoms with Crippen molar-refractivity contribution in [2.24, 2.45) is 135 Å². The van der Waals surface area contributed by atoms with Gasteiger partial charge in [-0.05, 0) is 208 Å². The average molecular weight is 1970 g/mol. The number of rotatable bonds is 75. The van der Waals surface area contributed by atoms with E-state index in [4.69, 9.17) is 40.1 Å². The van der Waals surface area contributed by atoms with Gasteiger partial charge in [0.1, 0.15) is 0 Å². The quantitative estimate of drug-likeness (QED) is 0.00742. The Kier molecular flexibility index (Phi) is 79.6. The number of likely N-dealkylation sites (tertiary alicyclic amines) is 3. The maximum absolute atomic E-state index is 13.6. The largest absolute Gasteiger partial charge is 0.393 e. The van der Waals surface area contributed by atoms with Gasteiger partial charge in [0, 0.05) is 38.9 Å². The number of cyclic esters (lactones) is 6. The molecule has 0 bridgehead atoms. The van der Waals surface area contributed by atoms with E-state index in [9.17, 15) is 57.5 Å². The molecule has 25 nitrogen and oxygen atoms in total. The van der Waals surface area contributed by atoms with Crippen LogP contribution in [-0.2, 0) is 71.7 Å². The van der Waals surface area contributed by atoms with Crippen molar-refractivity contribution < 1.29 is 71.7 Å². The lowest BCUT2D eigenvalue weighted by Gasteiger charge is -2.27. The molecule has 6 amide bonds. The number of allylic oxidation sites excluding steroid dienone is 6. The van der Waals surface area contributed by atoms with Crippen molar-refractivity contribution in [3.05, 3.63) is 48.6 Å². The summed E-state index contributed by atoms with van der Waals surface area (Å²) >= 11 is 0. The highest BCUT2D eigenvalue weighted by atomic mass is 16.6. The molecule has 14 N–H and O–H groups in total. The summed E-state index contributed by atoms with van der Waals surface area (Å²) in [5.74, 6) is -2.27. The molecule has 12 atom stereocenters. The SMILES string of the molecule is CC(C)CC(C)C(C=CC1CC(=O)N(CCCCCCCCCCCN)C1=O)C1CC(=O)N(CCCCCCCCCCCN)C1=O.CC(C)CC(C)C(C=CC1CC(=O)OC1=O)C1CC(=O)OC1=O.CC(C)CC(C)C=CCC1CC(=O)N(CCCCCCCCCCCN)C1=O.CC(C)CC(C)C=CCC1CC(=O)OC1=O.NCCCCCCCCCCCN.NCCCCCCCCCCCN. The Bertz CT molecular complexity index is 3410. The van der Waals surface area contributed by atoms with Gasteiger partial charge in [-0.2, -0.15) is 0 Å². The lowest BCUT2D eigenvalue weighted by Crippen LogP contribution is -2.34. The minimum atomic E-state index is -0.607. The van der Waals surface area contributed by atoms with Gasteiger partial charge in [0.05, 0.1) is 54.8 Å². The molecule has 140 heavy (non-hydrogen) atoms. The summed E-state index contributed by atoms with van der Waals surface area (Å²) in [6.07, 6.45) is 77.5. The molecule has 0 radical (unpaired) electrons. The first-order valence-electron chi connectivity index (χ1n) is 56.6. The molecule has 0 spiro atoms. The molecule has 808 valence electrons. The van der Waals surface area contributed by atoms with Crippen molar-refractivity contribution in [2.45, 2.75) is 449 Å². The van der Waals surface area contributed by atoms with E-state index in [-0.39, 0.29) is 109 Å². The number of carbonyl (C=O) groups is 12. The number of nitrogens with two attached hydrogens (primary N) is 7. The third-order valence-corrected chi connectivity index (χ3v) is 27.8. The van der Waals surface area contributed by atoms with Gasteiger partial charge in [-0.15, -0.1) is 0 Å². The molecule has 6 saturated heterocycles. The van der Waals surface area contributed by atoms with Crippen LogP contribution < -0.4 is 40.1 Å². The van der Waals surface area contributed by atoms with Crippen LogP contribution in [0.25, 0.3) is 0 Å². The smallest absolute Gasteiger partial charge is 0.321 e. The zero-order chi connectivity index (χ0) is 104. The van der Waals surface area contributed by atoms with Crippen LogP contribution >= 0.6 is 0 Å². The summed E-state index contributed by atoms with van der Waals surface area (Å²) in [6.45, 7) is 33.3. The fourth-order valence-electron chi connectivity index (χ4n) is 20.0. The Balaban J connectivity index is 0.000000902. The second-order valence-corrected chi connectivity index (χ2v) is 43.2. The minimum Gasteiger partial charge on any atom is -0.393 e. The van der Waals surface area contributed by atoms with E-state index in [1.165, 1.54) is 233 Å². The normalized spacial score (nSPS) is 19.7. The van der Waals surface area contributed by atoms with Crippen LogP contribution in [-0.4, -0.2) is 151 Å². The van der Waals surface area contributed by atoms with Crippen molar-refractivity contribution in [3.8, 4) is 0 Å². The van der Waals surface area contributed by atoms with Crippen LogP contribution in [0.15, 0.2) is 48.6 Å². The van der Waals surface area contributed by atoms with Gasteiger partial charge < -0.3 is 54.3 Å². The average Bonchev–Trinajstić information content (AvgIpc) is 1.65. The number of hydrogen-bond donors (Lipinski definition) is 7. The molecule has 0 aromatic rings. The van der Waals surface area contributed by atoms with Crippen LogP contribution in [0, 0.1) is 94.7 Å². The molecule has 6 fully saturated rings. The Morgan fingerprint density at radius 3 is 0.836 bits per heavy atom. The monoisotopic (exact) mass is 1970 g/mol. The van der Waals surface area contributed by atoms with E-state index in [0.29, 0.717) is 74.4 Å². The highest BCUT2D eigenvalue weighted by molar-refractivity contribution is 6.05. The van der Waals surface area contributed by atoms with E-state index in [0.717, 1.165) is 142 Å². The van der Waals surface area contributed by atoms with Gasteiger partial charge in [0.2, 0.25) is 35.4 Å². The summed E-state index contributed by atoms with van der Waals surface area (Å²) in [5, 5.41) is 0. The first-order chi connectivity index (χ1) is 67.2. The molecule has 0 saturated carbocycles. The van der Waals surface area contributed by atoms with Gasteiger partial charge in [-0.1, -0.05) is 356 Å². The van der Waals surface area contributed by atoms with Gasteiger partial charge in [0.15, 0.2) is 0 Å². The first-order valence-corrected chi connectivity index (χ1v) is 56.6.